The molecule has 6 nitrogen and oxygen atoms in total. The number of hydrogen-bond donors (Lipinski definition) is 1. The van der Waals surface area contributed by atoms with Gasteiger partial charge >= 0.3 is 0 Å². The van der Waals surface area contributed by atoms with Crippen LogP contribution in [0.1, 0.15) is 16.9 Å². The van der Waals surface area contributed by atoms with E-state index in [4.69, 9.17) is 16.0 Å². The summed E-state index contributed by atoms with van der Waals surface area (Å²) in [7, 11) is 0. The molecule has 4 rings (SSSR count). The molecule has 0 saturated carbocycles. The van der Waals surface area contributed by atoms with Crippen molar-refractivity contribution in [2.75, 3.05) is 11.9 Å². The van der Waals surface area contributed by atoms with Gasteiger partial charge in [0.25, 0.3) is 11.1 Å². The maximum Gasteiger partial charge on any atom is 0.294 e. The number of carbonyl (C=O) groups is 3. The molecule has 2 heterocycles. The number of furan rings is 1. The van der Waals surface area contributed by atoms with Crippen molar-refractivity contribution >= 4 is 52.2 Å². The maximum absolute atomic E-state index is 12.7. The number of hydrogen-bond acceptors (Lipinski definition) is 5. The largest absolute Gasteiger partial charge is 0.457 e. The van der Waals surface area contributed by atoms with Gasteiger partial charge in [-0.05, 0) is 73.1 Å². The van der Waals surface area contributed by atoms with E-state index in [2.05, 4.69) is 5.32 Å². The van der Waals surface area contributed by atoms with Gasteiger partial charge in [0.1, 0.15) is 18.1 Å². The van der Waals surface area contributed by atoms with Gasteiger partial charge in [-0.1, -0.05) is 29.8 Å². The van der Waals surface area contributed by atoms with Gasteiger partial charge in [0.05, 0.1) is 4.91 Å². The highest BCUT2D eigenvalue weighted by molar-refractivity contribution is 8.18. The van der Waals surface area contributed by atoms with Crippen molar-refractivity contribution in [2.45, 2.75) is 13.8 Å². The molecular formula is C24H19ClN2O4S. The van der Waals surface area contributed by atoms with E-state index in [9.17, 15) is 14.4 Å². The Morgan fingerprint density at radius 3 is 2.66 bits per heavy atom. The summed E-state index contributed by atoms with van der Waals surface area (Å²) in [5, 5.41) is 2.81. The first-order chi connectivity index (χ1) is 15.3. The SMILES string of the molecule is Cc1ccc(NC(=O)CN2C(=O)SC(=Cc3ccc(-c4cccc(Cl)c4)o3)C2=O)cc1C. The van der Waals surface area contributed by atoms with Crippen LogP contribution in [-0.4, -0.2) is 28.5 Å². The molecule has 8 heteroatoms. The van der Waals surface area contributed by atoms with Crippen LogP contribution in [0.15, 0.2) is 63.9 Å². The lowest BCUT2D eigenvalue weighted by molar-refractivity contribution is -0.127. The van der Waals surface area contributed by atoms with Crippen LogP contribution in [0.2, 0.25) is 5.02 Å². The number of halogens is 1. The lowest BCUT2D eigenvalue weighted by atomic mass is 10.1. The third-order valence-electron chi connectivity index (χ3n) is 4.98. The molecule has 0 spiro atoms. The number of benzene rings is 2. The highest BCUT2D eigenvalue weighted by atomic mass is 35.5. The minimum absolute atomic E-state index is 0.195. The van der Waals surface area contributed by atoms with E-state index in [1.165, 1.54) is 6.08 Å². The number of nitrogens with zero attached hydrogens (tertiary/aromatic N) is 1. The van der Waals surface area contributed by atoms with Crippen LogP contribution < -0.4 is 5.32 Å². The summed E-state index contributed by atoms with van der Waals surface area (Å²) in [6, 6.07) is 16.2. The molecular weight excluding hydrogens is 448 g/mol. The lowest BCUT2D eigenvalue weighted by Gasteiger charge is -2.13. The number of aryl methyl sites for hydroxylation is 2. The summed E-state index contributed by atoms with van der Waals surface area (Å²) in [4.78, 5) is 38.6. The van der Waals surface area contributed by atoms with E-state index in [-0.39, 0.29) is 11.4 Å². The normalized spacial score (nSPS) is 15.0. The smallest absolute Gasteiger partial charge is 0.294 e. The first-order valence-corrected chi connectivity index (χ1v) is 11.0. The minimum atomic E-state index is -0.532. The zero-order chi connectivity index (χ0) is 22.8. The number of carbonyl (C=O) groups excluding carboxylic acids is 3. The fraction of sp³-hybridized carbons (Fsp3) is 0.125. The Morgan fingerprint density at radius 2 is 1.91 bits per heavy atom. The third kappa shape index (κ3) is 4.79. The average Bonchev–Trinajstić information content (AvgIpc) is 3.31. The standard InChI is InChI=1S/C24H19ClN2O4S/c1-14-6-7-18(10-15(14)2)26-22(28)13-27-23(29)21(32-24(27)30)12-19-8-9-20(31-19)16-4-3-5-17(25)11-16/h3-12H,13H2,1-2H3,(H,26,28). The number of anilines is 1. The van der Waals surface area contributed by atoms with Gasteiger partial charge in [0, 0.05) is 22.3 Å². The second kappa shape index (κ2) is 9.06. The number of nitrogens with one attached hydrogen (secondary N) is 1. The van der Waals surface area contributed by atoms with Crippen LogP contribution >= 0.6 is 23.4 Å². The van der Waals surface area contributed by atoms with Crippen molar-refractivity contribution < 1.29 is 18.8 Å². The Balaban J connectivity index is 1.45. The maximum atomic E-state index is 12.7. The van der Waals surface area contributed by atoms with E-state index in [1.807, 2.05) is 38.1 Å². The van der Waals surface area contributed by atoms with Crippen LogP contribution in [0.3, 0.4) is 0 Å². The van der Waals surface area contributed by atoms with Gasteiger partial charge in [-0.25, -0.2) is 0 Å². The molecule has 0 radical (unpaired) electrons. The molecule has 1 aliphatic rings. The van der Waals surface area contributed by atoms with Gasteiger partial charge in [-0.15, -0.1) is 0 Å². The molecule has 3 amide bonds. The summed E-state index contributed by atoms with van der Waals surface area (Å²) in [6.07, 6.45) is 1.50. The van der Waals surface area contributed by atoms with Crippen LogP contribution in [-0.2, 0) is 9.59 Å². The Morgan fingerprint density at radius 1 is 1.09 bits per heavy atom. The van der Waals surface area contributed by atoms with Crippen molar-refractivity contribution in [2.24, 2.45) is 0 Å². The molecule has 1 aliphatic heterocycles. The molecule has 1 fully saturated rings. The van der Waals surface area contributed by atoms with Crippen molar-refractivity contribution in [3.63, 3.8) is 0 Å². The highest BCUT2D eigenvalue weighted by Crippen LogP contribution is 2.33. The molecule has 0 atom stereocenters. The summed E-state index contributed by atoms with van der Waals surface area (Å²) in [6.45, 7) is 3.56. The third-order valence-corrected chi connectivity index (χ3v) is 6.12. The molecule has 3 aromatic rings. The Kier molecular flexibility index (Phi) is 6.21. The predicted octanol–water partition coefficient (Wildman–Crippen LogP) is 5.89. The van der Waals surface area contributed by atoms with Gasteiger partial charge in [-0.3, -0.25) is 19.3 Å². The molecule has 0 aliphatic carbocycles. The number of thioether (sulfide) groups is 1. The zero-order valence-corrected chi connectivity index (χ0v) is 18.9. The van der Waals surface area contributed by atoms with Crippen LogP contribution in [0.5, 0.6) is 0 Å². The van der Waals surface area contributed by atoms with Crippen LogP contribution in [0, 0.1) is 13.8 Å². The molecule has 1 saturated heterocycles. The van der Waals surface area contributed by atoms with Gasteiger partial charge < -0.3 is 9.73 Å². The highest BCUT2D eigenvalue weighted by Gasteiger charge is 2.36. The summed E-state index contributed by atoms with van der Waals surface area (Å²) in [5.41, 5.74) is 3.56. The molecule has 0 bridgehead atoms. The minimum Gasteiger partial charge on any atom is -0.457 e. The quantitative estimate of drug-likeness (QED) is 0.474. The molecule has 162 valence electrons. The average molecular weight is 467 g/mol. The second-order valence-corrected chi connectivity index (χ2v) is 8.76. The van der Waals surface area contributed by atoms with Crippen molar-refractivity contribution in [1.29, 1.82) is 0 Å². The van der Waals surface area contributed by atoms with E-state index in [0.717, 1.165) is 33.4 Å². The van der Waals surface area contributed by atoms with Gasteiger partial charge in [0.15, 0.2) is 0 Å². The Hall–Kier alpha value is -3.29. The number of rotatable bonds is 5. The number of amides is 3. The van der Waals surface area contributed by atoms with E-state index in [0.29, 0.717) is 22.2 Å². The second-order valence-electron chi connectivity index (χ2n) is 7.33. The van der Waals surface area contributed by atoms with Gasteiger partial charge in [-0.2, -0.15) is 0 Å². The summed E-state index contributed by atoms with van der Waals surface area (Å²) in [5.74, 6) is 0.0322. The lowest BCUT2D eigenvalue weighted by Crippen LogP contribution is -2.36. The Labute approximate surface area is 194 Å². The first kappa shape index (κ1) is 21.9. The van der Waals surface area contributed by atoms with E-state index < -0.39 is 17.1 Å². The van der Waals surface area contributed by atoms with Gasteiger partial charge in [0.2, 0.25) is 5.91 Å². The monoisotopic (exact) mass is 466 g/mol. The van der Waals surface area contributed by atoms with Crippen LogP contribution in [0.25, 0.3) is 17.4 Å². The summed E-state index contributed by atoms with van der Waals surface area (Å²) < 4.78 is 5.78. The summed E-state index contributed by atoms with van der Waals surface area (Å²) >= 11 is 6.79. The fourth-order valence-corrected chi connectivity index (χ4v) is 4.16. The van der Waals surface area contributed by atoms with Crippen LogP contribution in [0.4, 0.5) is 10.5 Å². The molecule has 1 aromatic heterocycles. The van der Waals surface area contributed by atoms with Crippen molar-refractivity contribution in [3.05, 3.63) is 81.4 Å². The predicted molar refractivity (Wildman–Crippen MR) is 126 cm³/mol. The number of imide groups is 1. The molecule has 2 aromatic carbocycles. The Bertz CT molecular complexity index is 1260. The molecule has 0 unspecified atom stereocenters. The van der Waals surface area contributed by atoms with E-state index >= 15 is 0 Å². The van der Waals surface area contributed by atoms with Crippen molar-refractivity contribution in [3.8, 4) is 11.3 Å². The first-order valence-electron chi connectivity index (χ1n) is 9.78. The molecule has 1 N–H and O–H groups in total. The van der Waals surface area contributed by atoms with E-state index in [1.54, 1.807) is 30.3 Å². The van der Waals surface area contributed by atoms with Crippen molar-refractivity contribution in [1.82, 2.24) is 4.90 Å². The molecule has 32 heavy (non-hydrogen) atoms. The topological polar surface area (TPSA) is 79.6 Å². The fourth-order valence-electron chi connectivity index (χ4n) is 3.16. The zero-order valence-electron chi connectivity index (χ0n) is 17.3.